The van der Waals surface area contributed by atoms with E-state index in [2.05, 4.69) is 5.11 Å². The van der Waals surface area contributed by atoms with E-state index in [9.17, 15) is 0 Å². The molecule has 1 aromatic carbocycles. The smallest absolute Gasteiger partial charge is 0.124 e. The molecule has 0 heterocycles. The van der Waals surface area contributed by atoms with E-state index in [-0.39, 0.29) is 18.0 Å². The van der Waals surface area contributed by atoms with Crippen molar-refractivity contribution < 1.29 is 10.2 Å². The first-order valence-electron chi connectivity index (χ1n) is 3.08. The van der Waals surface area contributed by atoms with E-state index in [0.717, 1.165) is 0 Å². The fourth-order valence-corrected chi connectivity index (χ4v) is 0.771. The maximum Gasteiger partial charge on any atom is 0.124 e. The van der Waals surface area contributed by atoms with Gasteiger partial charge in [-0.15, -0.1) is 0 Å². The fourth-order valence-electron chi connectivity index (χ4n) is 0.771. The predicted octanol–water partition coefficient (Wildman–Crippen LogP) is 1.63. The Labute approximate surface area is 63.6 Å². The minimum atomic E-state index is -0.0269. The molecule has 0 aliphatic heterocycles. The summed E-state index contributed by atoms with van der Waals surface area (Å²) in [5.74, 6) is -0.0165. The van der Waals surface area contributed by atoms with Gasteiger partial charge in [0.2, 0.25) is 0 Å². The van der Waals surface area contributed by atoms with Crippen LogP contribution in [0, 0.1) is 5.53 Å². The van der Waals surface area contributed by atoms with Crippen molar-refractivity contribution in [2.75, 3.05) is 0 Å². The van der Waals surface area contributed by atoms with E-state index < -0.39 is 0 Å². The van der Waals surface area contributed by atoms with Crippen LogP contribution >= 0.6 is 0 Å². The summed E-state index contributed by atoms with van der Waals surface area (Å²) >= 11 is 0. The van der Waals surface area contributed by atoms with Gasteiger partial charge in [0.1, 0.15) is 11.5 Å². The van der Waals surface area contributed by atoms with Crippen LogP contribution in [-0.2, 0) is 6.54 Å². The Bertz CT molecular complexity index is 273. The molecule has 0 bridgehead atoms. The third kappa shape index (κ3) is 1.67. The second-order valence-electron chi connectivity index (χ2n) is 2.13. The first-order chi connectivity index (χ1) is 5.24. The van der Waals surface area contributed by atoms with Crippen LogP contribution in [0.4, 0.5) is 0 Å². The highest BCUT2D eigenvalue weighted by molar-refractivity contribution is 5.38. The largest absolute Gasteiger partial charge is 0.508 e. The SMILES string of the molecule is N=NCc1ccc(O)cc1O. The lowest BCUT2D eigenvalue weighted by Gasteiger charge is -1.99. The maximum absolute atomic E-state index is 9.12. The van der Waals surface area contributed by atoms with Crippen LogP contribution in [0.1, 0.15) is 5.56 Å². The lowest BCUT2D eigenvalue weighted by Crippen LogP contribution is -1.80. The molecule has 0 aliphatic carbocycles. The Morgan fingerprint density at radius 3 is 2.64 bits per heavy atom. The van der Waals surface area contributed by atoms with Crippen LogP contribution in [0.2, 0.25) is 0 Å². The predicted molar refractivity (Wildman–Crippen MR) is 38.6 cm³/mol. The standard InChI is InChI=1S/C7H8N2O2/c8-9-4-5-1-2-6(10)3-7(5)11/h1-3,8,10-11H,4H2. The molecule has 3 N–H and O–H groups in total. The molecule has 58 valence electrons. The summed E-state index contributed by atoms with van der Waals surface area (Å²) in [5, 5.41) is 21.1. The van der Waals surface area contributed by atoms with Crippen molar-refractivity contribution in [2.45, 2.75) is 6.54 Å². The number of rotatable bonds is 2. The van der Waals surface area contributed by atoms with Gasteiger partial charge < -0.3 is 10.2 Å². The molecule has 0 unspecified atom stereocenters. The third-order valence-corrected chi connectivity index (χ3v) is 1.32. The summed E-state index contributed by atoms with van der Waals surface area (Å²) in [5.41, 5.74) is 7.08. The molecule has 0 radical (unpaired) electrons. The number of phenolic OH excluding ortho intramolecular Hbond substituents is 2. The monoisotopic (exact) mass is 152 g/mol. The number of hydrogen-bond donors (Lipinski definition) is 3. The van der Waals surface area contributed by atoms with Crippen molar-refractivity contribution in [2.24, 2.45) is 5.11 Å². The summed E-state index contributed by atoms with van der Waals surface area (Å²) in [6.07, 6.45) is 0. The van der Waals surface area contributed by atoms with Gasteiger partial charge in [-0.2, -0.15) is 5.11 Å². The van der Waals surface area contributed by atoms with Crippen LogP contribution in [0.3, 0.4) is 0 Å². The highest BCUT2D eigenvalue weighted by Crippen LogP contribution is 2.22. The molecule has 4 nitrogen and oxygen atoms in total. The Kier molecular flexibility index (Phi) is 2.06. The zero-order valence-corrected chi connectivity index (χ0v) is 5.78. The quantitative estimate of drug-likeness (QED) is 0.563. The highest BCUT2D eigenvalue weighted by atomic mass is 16.3. The van der Waals surface area contributed by atoms with Crippen LogP contribution in [-0.4, -0.2) is 10.2 Å². The molecule has 0 saturated carbocycles. The summed E-state index contributed by atoms with van der Waals surface area (Å²) in [4.78, 5) is 0. The molecule has 0 amide bonds. The average Bonchev–Trinajstić information content (AvgIpc) is 1.95. The van der Waals surface area contributed by atoms with Crippen molar-refractivity contribution in [3.63, 3.8) is 0 Å². The molecule has 0 saturated heterocycles. The highest BCUT2D eigenvalue weighted by Gasteiger charge is 1.99. The molecule has 4 heteroatoms. The summed E-state index contributed by atoms with van der Waals surface area (Å²) in [7, 11) is 0. The minimum absolute atomic E-state index is 0.0104. The van der Waals surface area contributed by atoms with Crippen molar-refractivity contribution in [3.05, 3.63) is 23.8 Å². The van der Waals surface area contributed by atoms with E-state index in [0.29, 0.717) is 5.56 Å². The number of nitrogens with zero attached hydrogens (tertiary/aromatic N) is 1. The van der Waals surface area contributed by atoms with Gasteiger partial charge in [0.25, 0.3) is 0 Å². The molecule has 0 fully saturated rings. The van der Waals surface area contributed by atoms with E-state index in [4.69, 9.17) is 15.7 Å². The van der Waals surface area contributed by atoms with Crippen molar-refractivity contribution >= 4 is 0 Å². The molecule has 11 heavy (non-hydrogen) atoms. The van der Waals surface area contributed by atoms with Gasteiger partial charge >= 0.3 is 0 Å². The summed E-state index contributed by atoms with van der Waals surface area (Å²) in [6.45, 7) is 0.145. The van der Waals surface area contributed by atoms with Crippen LogP contribution in [0.15, 0.2) is 23.3 Å². The van der Waals surface area contributed by atoms with Gasteiger partial charge in [0.05, 0.1) is 6.54 Å². The zero-order valence-electron chi connectivity index (χ0n) is 5.78. The van der Waals surface area contributed by atoms with Crippen molar-refractivity contribution in [3.8, 4) is 11.5 Å². The van der Waals surface area contributed by atoms with Gasteiger partial charge in [0, 0.05) is 11.6 Å². The summed E-state index contributed by atoms with van der Waals surface area (Å²) in [6, 6.07) is 4.20. The third-order valence-electron chi connectivity index (χ3n) is 1.32. The first-order valence-corrected chi connectivity index (χ1v) is 3.08. The number of benzene rings is 1. The zero-order chi connectivity index (χ0) is 8.27. The second kappa shape index (κ2) is 3.01. The second-order valence-corrected chi connectivity index (χ2v) is 2.13. The van der Waals surface area contributed by atoms with E-state index in [1.165, 1.54) is 18.2 Å². The number of aromatic hydroxyl groups is 2. The topological polar surface area (TPSA) is 76.7 Å². The number of hydrogen-bond acceptors (Lipinski definition) is 4. The number of phenols is 2. The maximum atomic E-state index is 9.12. The van der Waals surface area contributed by atoms with Gasteiger partial charge in [-0.25, -0.2) is 5.53 Å². The first kappa shape index (κ1) is 7.53. The Hall–Kier alpha value is -1.58. The van der Waals surface area contributed by atoms with Gasteiger partial charge in [-0.05, 0) is 12.1 Å². The minimum Gasteiger partial charge on any atom is -0.508 e. The van der Waals surface area contributed by atoms with E-state index >= 15 is 0 Å². The molecule has 1 rings (SSSR count). The summed E-state index contributed by atoms with van der Waals surface area (Å²) < 4.78 is 0. The van der Waals surface area contributed by atoms with Crippen molar-refractivity contribution in [1.82, 2.24) is 0 Å². The van der Waals surface area contributed by atoms with Crippen molar-refractivity contribution in [1.29, 1.82) is 5.53 Å². The normalized spacial score (nSPS) is 9.45. The van der Waals surface area contributed by atoms with Gasteiger partial charge in [-0.3, -0.25) is 0 Å². The van der Waals surface area contributed by atoms with E-state index in [1.54, 1.807) is 0 Å². The Morgan fingerprint density at radius 2 is 2.09 bits per heavy atom. The molecule has 0 aromatic heterocycles. The van der Waals surface area contributed by atoms with Gasteiger partial charge in [0.15, 0.2) is 0 Å². The molecule has 0 atom stereocenters. The average molecular weight is 152 g/mol. The van der Waals surface area contributed by atoms with Crippen LogP contribution in [0.5, 0.6) is 11.5 Å². The molecular formula is C7H8N2O2. The molecule has 1 aromatic rings. The number of nitrogens with one attached hydrogen (secondary N) is 1. The molecular weight excluding hydrogens is 144 g/mol. The van der Waals surface area contributed by atoms with Crippen LogP contribution in [0.25, 0.3) is 0 Å². The Morgan fingerprint density at radius 1 is 1.36 bits per heavy atom. The van der Waals surface area contributed by atoms with Crippen LogP contribution < -0.4 is 0 Å². The van der Waals surface area contributed by atoms with E-state index in [1.807, 2.05) is 0 Å². The lowest BCUT2D eigenvalue weighted by atomic mass is 10.2. The molecule has 0 spiro atoms. The Balaban J connectivity index is 2.98. The molecule has 0 aliphatic rings. The fraction of sp³-hybridized carbons (Fsp3) is 0.143. The lowest BCUT2D eigenvalue weighted by molar-refractivity contribution is 0.445. The van der Waals surface area contributed by atoms with Gasteiger partial charge in [-0.1, -0.05) is 0 Å².